The first kappa shape index (κ1) is 30.1. The van der Waals surface area contributed by atoms with E-state index >= 15 is 0 Å². The number of hydrogen-bond donors (Lipinski definition) is 1. The van der Waals surface area contributed by atoms with Crippen LogP contribution in [0.25, 0.3) is 0 Å². The first-order valence-corrected chi connectivity index (χ1v) is 14.1. The molecule has 3 aromatic carbocycles. The molecule has 11 heteroatoms. The van der Waals surface area contributed by atoms with Crippen LogP contribution in [0.4, 0.5) is 18.9 Å². The van der Waals surface area contributed by atoms with E-state index in [0.717, 1.165) is 22.3 Å². The molecule has 0 bridgehead atoms. The van der Waals surface area contributed by atoms with E-state index in [-0.39, 0.29) is 23.5 Å². The van der Waals surface area contributed by atoms with Crippen molar-refractivity contribution in [2.45, 2.75) is 32.6 Å². The highest BCUT2D eigenvalue weighted by atomic mass is 19.1. The first-order chi connectivity index (χ1) is 20.7. The second-order valence-corrected chi connectivity index (χ2v) is 10.6. The van der Waals surface area contributed by atoms with E-state index < -0.39 is 41.3 Å². The van der Waals surface area contributed by atoms with Crippen LogP contribution in [0.1, 0.15) is 28.4 Å². The molecule has 0 radical (unpaired) electrons. The van der Waals surface area contributed by atoms with Crippen molar-refractivity contribution >= 4 is 5.69 Å². The van der Waals surface area contributed by atoms with Crippen LogP contribution in [0.3, 0.4) is 0 Å². The second-order valence-electron chi connectivity index (χ2n) is 10.6. The Kier molecular flexibility index (Phi) is 9.02. The highest BCUT2D eigenvalue weighted by molar-refractivity contribution is 5.50. The predicted octanol–water partition coefficient (Wildman–Crippen LogP) is 3.81. The average molecular weight is 594 g/mol. The molecular weight excluding hydrogens is 559 g/mol. The largest absolute Gasteiger partial charge is 0.493 e. The summed E-state index contributed by atoms with van der Waals surface area (Å²) in [5.41, 5.74) is 6.98. The van der Waals surface area contributed by atoms with Crippen molar-refractivity contribution in [3.8, 4) is 5.75 Å². The van der Waals surface area contributed by atoms with Crippen molar-refractivity contribution in [2.24, 2.45) is 5.73 Å². The Bertz CT molecular complexity index is 1700. The average Bonchev–Trinajstić information content (AvgIpc) is 3.00. The smallest absolute Gasteiger partial charge is 0.331 e. The van der Waals surface area contributed by atoms with Crippen molar-refractivity contribution in [2.75, 3.05) is 38.2 Å². The zero-order chi connectivity index (χ0) is 30.7. The lowest BCUT2D eigenvalue weighted by atomic mass is 10.1. The van der Waals surface area contributed by atoms with Crippen molar-refractivity contribution in [3.05, 3.63) is 127 Å². The van der Waals surface area contributed by atoms with Gasteiger partial charge in [0.25, 0.3) is 5.56 Å². The van der Waals surface area contributed by atoms with Gasteiger partial charge in [-0.2, -0.15) is 0 Å². The molecule has 1 saturated heterocycles. The second kappa shape index (κ2) is 12.9. The fraction of sp³-hybridized carbons (Fsp3) is 0.312. The molecule has 8 nitrogen and oxygen atoms in total. The lowest BCUT2D eigenvalue weighted by Crippen LogP contribution is -2.51. The monoisotopic (exact) mass is 593 g/mol. The number of halogens is 3. The van der Waals surface area contributed by atoms with Crippen molar-refractivity contribution in [1.29, 1.82) is 0 Å². The molecule has 1 aliphatic rings. The Morgan fingerprint density at radius 3 is 2.09 bits per heavy atom. The quantitative estimate of drug-likeness (QED) is 0.318. The molecule has 0 spiro atoms. The number of nitrogens with zero attached hydrogens (tertiary/aromatic N) is 4. The third-order valence-electron chi connectivity index (χ3n) is 7.98. The maximum Gasteiger partial charge on any atom is 0.331 e. The number of piperazine rings is 1. The predicted molar refractivity (Wildman–Crippen MR) is 159 cm³/mol. The van der Waals surface area contributed by atoms with Gasteiger partial charge in [0.15, 0.2) is 11.6 Å². The van der Waals surface area contributed by atoms with Crippen LogP contribution < -0.4 is 26.6 Å². The van der Waals surface area contributed by atoms with Crippen molar-refractivity contribution < 1.29 is 17.9 Å². The number of anilines is 1. The highest BCUT2D eigenvalue weighted by Gasteiger charge is 2.27. The molecule has 4 aromatic rings. The van der Waals surface area contributed by atoms with Crippen molar-refractivity contribution in [1.82, 2.24) is 14.0 Å². The molecule has 2 heterocycles. The standard InChI is InChI=1S/C32H34F3N5O3/c1-21-29(38-16-14-37(15-17-38)18-23-10-6-13-27(35)30(23)43-2)31(41)40(20-28(36)22-8-4-3-5-9-22)32(42)39(21)19-24-25(33)11-7-12-26(24)34/h3-13,28H,14-20,36H2,1-2H3/t28-/m1/s1. The van der Waals surface area contributed by atoms with Gasteiger partial charge < -0.3 is 15.4 Å². The molecule has 5 rings (SSSR count). The normalized spacial score (nSPS) is 14.6. The number of benzene rings is 3. The fourth-order valence-corrected chi connectivity index (χ4v) is 5.62. The topological polar surface area (TPSA) is 85.7 Å². The van der Waals surface area contributed by atoms with Gasteiger partial charge in [-0.15, -0.1) is 0 Å². The molecule has 0 unspecified atom stereocenters. The van der Waals surface area contributed by atoms with E-state index in [1.54, 1.807) is 13.0 Å². The summed E-state index contributed by atoms with van der Waals surface area (Å²) in [5.74, 6) is -1.80. The summed E-state index contributed by atoms with van der Waals surface area (Å²) in [4.78, 5) is 31.7. The van der Waals surface area contributed by atoms with Gasteiger partial charge in [-0.05, 0) is 30.7 Å². The molecule has 1 atom stereocenters. The number of para-hydroxylation sites is 1. The number of hydrogen-bond acceptors (Lipinski definition) is 6. The van der Waals surface area contributed by atoms with Gasteiger partial charge >= 0.3 is 5.69 Å². The minimum atomic E-state index is -0.784. The number of nitrogens with two attached hydrogens (primary N) is 1. The lowest BCUT2D eigenvalue weighted by Gasteiger charge is -2.37. The summed E-state index contributed by atoms with van der Waals surface area (Å²) in [6.07, 6.45) is 0. The minimum absolute atomic E-state index is 0.117. The van der Waals surface area contributed by atoms with Gasteiger partial charge in [0.2, 0.25) is 0 Å². The van der Waals surface area contributed by atoms with Gasteiger partial charge in [-0.1, -0.05) is 48.5 Å². The molecule has 1 aromatic heterocycles. The van der Waals surface area contributed by atoms with E-state index in [0.29, 0.717) is 44.0 Å². The molecule has 0 amide bonds. The summed E-state index contributed by atoms with van der Waals surface area (Å²) in [6.45, 7) is 3.52. The van der Waals surface area contributed by atoms with E-state index in [4.69, 9.17) is 10.5 Å². The Labute approximate surface area is 247 Å². The van der Waals surface area contributed by atoms with Crippen LogP contribution >= 0.6 is 0 Å². The molecule has 0 aliphatic carbocycles. The van der Waals surface area contributed by atoms with E-state index in [1.165, 1.54) is 23.8 Å². The molecular formula is C32H34F3N5O3. The molecule has 2 N–H and O–H groups in total. The lowest BCUT2D eigenvalue weighted by molar-refractivity contribution is 0.244. The van der Waals surface area contributed by atoms with Crippen LogP contribution in [0.2, 0.25) is 0 Å². The van der Waals surface area contributed by atoms with Crippen molar-refractivity contribution in [3.63, 3.8) is 0 Å². The van der Waals surface area contributed by atoms with E-state index in [2.05, 4.69) is 4.90 Å². The van der Waals surface area contributed by atoms with Crippen LogP contribution in [-0.4, -0.2) is 47.3 Å². The fourth-order valence-electron chi connectivity index (χ4n) is 5.62. The molecule has 43 heavy (non-hydrogen) atoms. The Balaban J connectivity index is 1.49. The number of methoxy groups -OCH3 is 1. The summed E-state index contributed by atoms with van der Waals surface area (Å²) < 4.78 is 51.1. The number of ether oxygens (including phenoxy) is 1. The van der Waals surface area contributed by atoms with E-state index in [9.17, 15) is 22.8 Å². The van der Waals surface area contributed by atoms with Gasteiger partial charge in [-0.25, -0.2) is 18.0 Å². The zero-order valence-corrected chi connectivity index (χ0v) is 24.1. The molecule has 226 valence electrons. The summed E-state index contributed by atoms with van der Waals surface area (Å²) in [7, 11) is 1.43. The van der Waals surface area contributed by atoms with Gasteiger partial charge in [0.1, 0.15) is 17.3 Å². The van der Waals surface area contributed by atoms with Crippen LogP contribution in [0, 0.1) is 24.4 Å². The Morgan fingerprint density at radius 1 is 0.814 bits per heavy atom. The maximum absolute atomic E-state index is 14.7. The van der Waals surface area contributed by atoms with Gasteiger partial charge in [0.05, 0.1) is 20.2 Å². The molecule has 0 saturated carbocycles. The number of aromatic nitrogens is 2. The zero-order valence-electron chi connectivity index (χ0n) is 24.1. The summed E-state index contributed by atoms with van der Waals surface area (Å²) >= 11 is 0. The third kappa shape index (κ3) is 6.23. The minimum Gasteiger partial charge on any atom is -0.493 e. The van der Waals surface area contributed by atoms with E-state index in [1.807, 2.05) is 41.3 Å². The maximum atomic E-state index is 14.7. The SMILES string of the molecule is COc1c(F)cccc1CN1CCN(c2c(C)n(Cc3c(F)cccc3F)c(=O)n(C[C@@H](N)c3ccccc3)c2=O)CC1. The molecule has 1 aliphatic heterocycles. The Morgan fingerprint density at radius 2 is 1.44 bits per heavy atom. The summed E-state index contributed by atoms with van der Waals surface area (Å²) in [5, 5.41) is 0. The third-order valence-corrected chi connectivity index (χ3v) is 7.98. The highest BCUT2D eigenvalue weighted by Crippen LogP contribution is 2.25. The summed E-state index contributed by atoms with van der Waals surface area (Å²) in [6, 6.07) is 16.7. The van der Waals surface area contributed by atoms with Crippen LogP contribution in [0.5, 0.6) is 5.75 Å². The van der Waals surface area contributed by atoms with Gasteiger partial charge in [0, 0.05) is 55.6 Å². The number of rotatable bonds is 9. The Hall–Kier alpha value is -4.35. The van der Waals surface area contributed by atoms with Gasteiger partial charge in [-0.3, -0.25) is 18.8 Å². The van der Waals surface area contributed by atoms with Crippen LogP contribution in [0.15, 0.2) is 76.3 Å². The molecule has 1 fully saturated rings. The van der Waals surface area contributed by atoms with Crippen LogP contribution in [-0.2, 0) is 19.6 Å². The first-order valence-electron chi connectivity index (χ1n) is 14.1.